The molecule has 2 unspecified atom stereocenters. The summed E-state index contributed by atoms with van der Waals surface area (Å²) in [6, 6.07) is 0. The number of rotatable bonds is 20. The molecule has 4 nitrogen and oxygen atoms in total. The van der Waals surface area contributed by atoms with E-state index in [2.05, 4.69) is 6.92 Å². The minimum Gasteiger partial charge on any atom is -0.748 e. The van der Waals surface area contributed by atoms with Crippen molar-refractivity contribution in [2.45, 2.75) is 141 Å². The molecular formula is C22H45KO4S. The maximum absolute atomic E-state index is 11.4. The fourth-order valence-electron chi connectivity index (χ4n) is 3.60. The number of hydrogen-bond acceptors (Lipinski definition) is 4. The SMILES string of the molecule is CCCCCCC(CCCCCCCCCCCCC(O)CC)S(=O)(=O)[O-].[K+]. The second kappa shape index (κ2) is 21.7. The summed E-state index contributed by atoms with van der Waals surface area (Å²) < 4.78 is 34.2. The van der Waals surface area contributed by atoms with Gasteiger partial charge in [0, 0.05) is 5.25 Å². The van der Waals surface area contributed by atoms with Gasteiger partial charge in [-0.1, -0.05) is 104 Å². The van der Waals surface area contributed by atoms with Gasteiger partial charge in [-0.2, -0.15) is 0 Å². The minimum atomic E-state index is -4.14. The summed E-state index contributed by atoms with van der Waals surface area (Å²) in [7, 11) is -4.14. The molecule has 0 aliphatic carbocycles. The van der Waals surface area contributed by atoms with E-state index >= 15 is 0 Å². The van der Waals surface area contributed by atoms with E-state index in [0.29, 0.717) is 12.8 Å². The molecule has 0 aromatic rings. The van der Waals surface area contributed by atoms with E-state index in [0.717, 1.165) is 64.2 Å². The fourth-order valence-corrected chi connectivity index (χ4v) is 4.51. The molecule has 0 aliphatic rings. The molecule has 0 saturated heterocycles. The van der Waals surface area contributed by atoms with Crippen molar-refractivity contribution in [2.75, 3.05) is 0 Å². The Balaban J connectivity index is 0. The van der Waals surface area contributed by atoms with Crippen molar-refractivity contribution >= 4 is 10.1 Å². The van der Waals surface area contributed by atoms with Crippen LogP contribution in [0.15, 0.2) is 0 Å². The molecule has 6 heteroatoms. The van der Waals surface area contributed by atoms with Crippen molar-refractivity contribution in [3.8, 4) is 0 Å². The van der Waals surface area contributed by atoms with Crippen LogP contribution in [-0.4, -0.2) is 29.4 Å². The second-order valence-electron chi connectivity index (χ2n) is 8.14. The van der Waals surface area contributed by atoms with Crippen LogP contribution in [0, 0.1) is 0 Å². The van der Waals surface area contributed by atoms with Crippen molar-refractivity contribution in [3.05, 3.63) is 0 Å². The normalized spacial score (nSPS) is 13.9. The van der Waals surface area contributed by atoms with Crippen LogP contribution in [-0.2, 0) is 10.1 Å². The fraction of sp³-hybridized carbons (Fsp3) is 1.00. The zero-order valence-electron chi connectivity index (χ0n) is 19.0. The molecule has 28 heavy (non-hydrogen) atoms. The van der Waals surface area contributed by atoms with Gasteiger partial charge in [0.25, 0.3) is 0 Å². The van der Waals surface area contributed by atoms with Gasteiger partial charge in [0.05, 0.1) is 16.2 Å². The van der Waals surface area contributed by atoms with Gasteiger partial charge in [-0.3, -0.25) is 0 Å². The number of aliphatic hydroxyl groups is 1. The van der Waals surface area contributed by atoms with Crippen LogP contribution < -0.4 is 51.4 Å². The summed E-state index contributed by atoms with van der Waals surface area (Å²) in [6.07, 6.45) is 18.6. The van der Waals surface area contributed by atoms with Crippen LogP contribution in [0.1, 0.15) is 129 Å². The third-order valence-corrected chi connectivity index (χ3v) is 6.86. The standard InChI is InChI=1S/C22H46O4S.K/c1-3-5-6-16-19-22(27(24,25)26)20-17-14-12-10-8-7-9-11-13-15-18-21(23)4-2;/h21-23H,3-20H2,1-2H3,(H,24,25,26);/q;+1/p-1. The number of aliphatic hydroxyl groups excluding tert-OH is 1. The van der Waals surface area contributed by atoms with Crippen molar-refractivity contribution in [2.24, 2.45) is 0 Å². The molecule has 0 aliphatic heterocycles. The van der Waals surface area contributed by atoms with Crippen LogP contribution in [0.3, 0.4) is 0 Å². The number of hydrogen-bond donors (Lipinski definition) is 1. The van der Waals surface area contributed by atoms with E-state index in [-0.39, 0.29) is 57.5 Å². The Morgan fingerprint density at radius 2 is 1.04 bits per heavy atom. The van der Waals surface area contributed by atoms with Gasteiger partial charge in [-0.25, -0.2) is 8.42 Å². The quantitative estimate of drug-likeness (QED) is 0.177. The van der Waals surface area contributed by atoms with Crippen LogP contribution in [0.25, 0.3) is 0 Å². The monoisotopic (exact) mass is 444 g/mol. The predicted molar refractivity (Wildman–Crippen MR) is 114 cm³/mol. The number of unbranched alkanes of at least 4 members (excludes halogenated alkanes) is 12. The molecule has 0 fully saturated rings. The van der Waals surface area contributed by atoms with Crippen molar-refractivity contribution in [1.82, 2.24) is 0 Å². The summed E-state index contributed by atoms with van der Waals surface area (Å²) in [5.74, 6) is 0. The van der Waals surface area contributed by atoms with Crippen molar-refractivity contribution in [3.63, 3.8) is 0 Å². The topological polar surface area (TPSA) is 77.4 Å². The van der Waals surface area contributed by atoms with E-state index in [1.165, 1.54) is 38.5 Å². The molecule has 0 aromatic heterocycles. The molecule has 0 amide bonds. The van der Waals surface area contributed by atoms with E-state index < -0.39 is 15.4 Å². The average molecular weight is 445 g/mol. The first kappa shape index (κ1) is 31.7. The molecule has 0 saturated carbocycles. The zero-order valence-corrected chi connectivity index (χ0v) is 22.9. The Hall–Kier alpha value is 1.51. The second-order valence-corrected chi connectivity index (χ2v) is 9.79. The zero-order chi connectivity index (χ0) is 20.4. The van der Waals surface area contributed by atoms with E-state index in [1.54, 1.807) is 0 Å². The van der Waals surface area contributed by atoms with Gasteiger partial charge in [0.15, 0.2) is 0 Å². The van der Waals surface area contributed by atoms with Gasteiger partial charge < -0.3 is 9.66 Å². The van der Waals surface area contributed by atoms with Gasteiger partial charge >= 0.3 is 51.4 Å². The Morgan fingerprint density at radius 3 is 1.39 bits per heavy atom. The first-order chi connectivity index (χ1) is 12.9. The molecular weight excluding hydrogens is 399 g/mol. The molecule has 164 valence electrons. The molecule has 0 aromatic carbocycles. The van der Waals surface area contributed by atoms with Gasteiger partial charge in [0.1, 0.15) is 0 Å². The smallest absolute Gasteiger partial charge is 0.748 e. The van der Waals surface area contributed by atoms with Crippen LogP contribution >= 0.6 is 0 Å². The molecule has 1 N–H and O–H groups in total. The van der Waals surface area contributed by atoms with Crippen LogP contribution in [0.4, 0.5) is 0 Å². The minimum absolute atomic E-state index is 0. The maximum atomic E-state index is 11.4. The summed E-state index contributed by atoms with van der Waals surface area (Å²) in [6.45, 7) is 4.15. The van der Waals surface area contributed by atoms with Gasteiger partial charge in [-0.05, 0) is 25.7 Å². The van der Waals surface area contributed by atoms with Crippen molar-refractivity contribution < 1.29 is 69.5 Å². The average Bonchev–Trinajstić information content (AvgIpc) is 2.62. The van der Waals surface area contributed by atoms with Crippen LogP contribution in [0.5, 0.6) is 0 Å². The Morgan fingerprint density at radius 1 is 0.679 bits per heavy atom. The third-order valence-electron chi connectivity index (χ3n) is 5.57. The molecule has 0 spiro atoms. The summed E-state index contributed by atoms with van der Waals surface area (Å²) in [5, 5.41) is 8.83. The molecule has 0 bridgehead atoms. The molecule has 2 atom stereocenters. The Bertz CT molecular complexity index is 415. The molecule has 0 heterocycles. The Labute approximate surface area is 218 Å². The summed E-state index contributed by atoms with van der Waals surface area (Å²) in [4.78, 5) is 0. The largest absolute Gasteiger partial charge is 1.00 e. The maximum Gasteiger partial charge on any atom is 1.00 e. The van der Waals surface area contributed by atoms with E-state index in [9.17, 15) is 18.1 Å². The van der Waals surface area contributed by atoms with Crippen LogP contribution in [0.2, 0.25) is 0 Å². The first-order valence-electron chi connectivity index (χ1n) is 11.5. The first-order valence-corrected chi connectivity index (χ1v) is 13.0. The molecule has 0 radical (unpaired) electrons. The van der Waals surface area contributed by atoms with E-state index in [1.807, 2.05) is 6.92 Å². The predicted octanol–water partition coefficient (Wildman–Crippen LogP) is 3.33. The van der Waals surface area contributed by atoms with Crippen molar-refractivity contribution in [1.29, 1.82) is 0 Å². The summed E-state index contributed by atoms with van der Waals surface area (Å²) >= 11 is 0. The van der Waals surface area contributed by atoms with E-state index in [4.69, 9.17) is 0 Å². The summed E-state index contributed by atoms with van der Waals surface area (Å²) in [5.41, 5.74) is 0. The third kappa shape index (κ3) is 20.8. The Kier molecular flexibility index (Phi) is 24.6. The van der Waals surface area contributed by atoms with Gasteiger partial charge in [0.2, 0.25) is 0 Å². The van der Waals surface area contributed by atoms with Gasteiger partial charge in [-0.15, -0.1) is 0 Å². The molecule has 0 rings (SSSR count).